The lowest BCUT2D eigenvalue weighted by molar-refractivity contribution is -0.127. The number of nitrogens with two attached hydrogens (primary N) is 1. The molecule has 0 bridgehead atoms. The van der Waals surface area contributed by atoms with Crippen LogP contribution in [0.1, 0.15) is 17.3 Å². The molecule has 1 saturated heterocycles. The molecule has 0 radical (unpaired) electrons. The molecule has 122 valence electrons. The van der Waals surface area contributed by atoms with Gasteiger partial charge < -0.3 is 15.4 Å². The number of amides is 1. The number of carbonyl (C=O) groups is 2. The van der Waals surface area contributed by atoms with Gasteiger partial charge in [-0.15, -0.1) is 0 Å². The quantitative estimate of drug-likeness (QED) is 0.358. The second kappa shape index (κ2) is 7.80. The number of morpholine rings is 1. The predicted molar refractivity (Wildman–Crippen MR) is 91.7 cm³/mol. The first-order valence-corrected chi connectivity index (χ1v) is 7.51. The minimum Gasteiger partial charge on any atom is -0.388 e. The molecule has 0 unspecified atom stereocenters. The van der Waals surface area contributed by atoms with Crippen LogP contribution in [0.4, 0.5) is 5.69 Å². The van der Waals surface area contributed by atoms with E-state index in [1.165, 1.54) is 6.92 Å². The van der Waals surface area contributed by atoms with E-state index in [-0.39, 0.29) is 22.4 Å². The molecule has 3 N–H and O–H groups in total. The first kappa shape index (κ1) is 17.0. The van der Waals surface area contributed by atoms with E-state index in [2.05, 4.69) is 10.5 Å². The summed E-state index contributed by atoms with van der Waals surface area (Å²) in [6.45, 7) is 3.42. The lowest BCUT2D eigenvalue weighted by Gasteiger charge is -2.26. The van der Waals surface area contributed by atoms with E-state index < -0.39 is 0 Å². The van der Waals surface area contributed by atoms with Gasteiger partial charge in [-0.05, 0) is 31.2 Å². The maximum absolute atomic E-state index is 12.4. The van der Waals surface area contributed by atoms with E-state index >= 15 is 0 Å². The van der Waals surface area contributed by atoms with E-state index in [0.29, 0.717) is 37.6 Å². The van der Waals surface area contributed by atoms with Crippen LogP contribution in [0, 0.1) is 0 Å². The van der Waals surface area contributed by atoms with Gasteiger partial charge in [0.05, 0.1) is 18.9 Å². The number of ether oxygens (including phenoxy) is 1. The molecule has 1 aromatic carbocycles. The van der Waals surface area contributed by atoms with E-state index in [4.69, 9.17) is 22.7 Å². The van der Waals surface area contributed by atoms with Crippen LogP contribution in [0.3, 0.4) is 0 Å². The van der Waals surface area contributed by atoms with Gasteiger partial charge in [-0.3, -0.25) is 15.0 Å². The zero-order valence-corrected chi connectivity index (χ0v) is 13.6. The van der Waals surface area contributed by atoms with Crippen molar-refractivity contribution in [3.63, 3.8) is 0 Å². The summed E-state index contributed by atoms with van der Waals surface area (Å²) in [5.41, 5.74) is 9.57. The third kappa shape index (κ3) is 4.57. The van der Waals surface area contributed by atoms with E-state index in [1.807, 2.05) is 0 Å². The van der Waals surface area contributed by atoms with Gasteiger partial charge in [-0.1, -0.05) is 12.2 Å². The number of carbonyl (C=O) groups excluding carboxylic acids is 2. The summed E-state index contributed by atoms with van der Waals surface area (Å²) in [5, 5.41) is 4.03. The molecule has 23 heavy (non-hydrogen) atoms. The average molecular weight is 334 g/mol. The summed E-state index contributed by atoms with van der Waals surface area (Å²) >= 11 is 4.92. The van der Waals surface area contributed by atoms with Gasteiger partial charge in [-0.25, -0.2) is 0 Å². The lowest BCUT2D eigenvalue weighted by atomic mass is 10.1. The number of Topliss-reactive ketones (excluding diaryl/α,β-unsaturated/α-hetero) is 1. The van der Waals surface area contributed by atoms with Crippen molar-refractivity contribution in [1.29, 1.82) is 0 Å². The summed E-state index contributed by atoms with van der Waals surface area (Å²) in [4.78, 5) is 25.2. The standard InChI is InChI=1S/C15H18N4O3S/c1-10(20)11-2-4-12(5-3-11)17-18-13(14(16)23)15(21)19-6-8-22-9-7-19/h2-5,17H,6-9H2,1H3,(H2,16,23). The summed E-state index contributed by atoms with van der Waals surface area (Å²) in [6, 6.07) is 6.72. The van der Waals surface area contributed by atoms with Crippen LogP contribution in [-0.4, -0.2) is 53.6 Å². The number of nitrogens with one attached hydrogen (secondary N) is 1. The Bertz CT molecular complexity index is 637. The van der Waals surface area contributed by atoms with E-state index in [1.54, 1.807) is 29.2 Å². The van der Waals surface area contributed by atoms with Crippen molar-refractivity contribution < 1.29 is 14.3 Å². The van der Waals surface area contributed by atoms with Gasteiger partial charge in [0.15, 0.2) is 11.5 Å². The van der Waals surface area contributed by atoms with Crippen molar-refractivity contribution in [1.82, 2.24) is 4.90 Å². The molecule has 0 aromatic heterocycles. The molecule has 1 aromatic rings. The molecule has 0 atom stereocenters. The van der Waals surface area contributed by atoms with Crippen LogP contribution >= 0.6 is 12.2 Å². The lowest BCUT2D eigenvalue weighted by Crippen LogP contribution is -2.47. The second-order valence-corrected chi connectivity index (χ2v) is 5.41. The molecule has 0 spiro atoms. The maximum atomic E-state index is 12.4. The Labute approximate surface area is 139 Å². The number of hydrogen-bond acceptors (Lipinski definition) is 6. The predicted octanol–water partition coefficient (Wildman–Crippen LogP) is 0.802. The Morgan fingerprint density at radius 3 is 2.39 bits per heavy atom. The summed E-state index contributed by atoms with van der Waals surface area (Å²) in [6.07, 6.45) is 0. The van der Waals surface area contributed by atoms with Crippen LogP contribution in [-0.2, 0) is 9.53 Å². The topological polar surface area (TPSA) is 97.0 Å². The van der Waals surface area contributed by atoms with Gasteiger partial charge >= 0.3 is 0 Å². The number of ketones is 1. The molecular weight excluding hydrogens is 316 g/mol. The van der Waals surface area contributed by atoms with Crippen LogP contribution in [0.5, 0.6) is 0 Å². The third-order valence-corrected chi connectivity index (χ3v) is 3.52. The zero-order valence-electron chi connectivity index (χ0n) is 12.7. The molecule has 1 aliphatic rings. The van der Waals surface area contributed by atoms with Gasteiger partial charge in [0.25, 0.3) is 5.91 Å². The van der Waals surface area contributed by atoms with Gasteiger partial charge in [0.2, 0.25) is 0 Å². The Morgan fingerprint density at radius 1 is 1.26 bits per heavy atom. The monoisotopic (exact) mass is 334 g/mol. The van der Waals surface area contributed by atoms with Crippen molar-refractivity contribution in [3.8, 4) is 0 Å². The molecular formula is C15H18N4O3S. The summed E-state index contributed by atoms with van der Waals surface area (Å²) in [5.74, 6) is -0.347. The van der Waals surface area contributed by atoms with Crippen molar-refractivity contribution in [3.05, 3.63) is 29.8 Å². The van der Waals surface area contributed by atoms with Crippen molar-refractivity contribution in [2.45, 2.75) is 6.92 Å². The number of anilines is 1. The smallest absolute Gasteiger partial charge is 0.277 e. The highest BCUT2D eigenvalue weighted by molar-refractivity contribution is 7.82. The molecule has 1 aliphatic heterocycles. The number of hydrazone groups is 1. The van der Waals surface area contributed by atoms with Crippen LogP contribution in [0.2, 0.25) is 0 Å². The second-order valence-electron chi connectivity index (χ2n) is 4.97. The molecule has 1 amide bonds. The zero-order chi connectivity index (χ0) is 16.8. The fourth-order valence-electron chi connectivity index (χ4n) is 2.02. The van der Waals surface area contributed by atoms with E-state index in [0.717, 1.165) is 0 Å². The molecule has 0 aliphatic carbocycles. The van der Waals surface area contributed by atoms with Crippen LogP contribution in [0.15, 0.2) is 29.4 Å². The van der Waals surface area contributed by atoms with Crippen molar-refractivity contribution in [2.24, 2.45) is 10.8 Å². The summed E-state index contributed by atoms with van der Waals surface area (Å²) in [7, 11) is 0. The fourth-order valence-corrected chi connectivity index (χ4v) is 2.16. The molecule has 0 saturated carbocycles. The Kier molecular flexibility index (Phi) is 5.78. The fraction of sp³-hybridized carbons (Fsp3) is 0.333. The number of rotatable bonds is 5. The Hall–Kier alpha value is -2.32. The minimum atomic E-state index is -0.325. The number of hydrogen-bond donors (Lipinski definition) is 2. The number of nitrogens with zero attached hydrogens (tertiary/aromatic N) is 2. The normalized spacial score (nSPS) is 15.2. The van der Waals surface area contributed by atoms with Gasteiger partial charge in [-0.2, -0.15) is 5.10 Å². The minimum absolute atomic E-state index is 0.00227. The maximum Gasteiger partial charge on any atom is 0.277 e. The largest absolute Gasteiger partial charge is 0.388 e. The van der Waals surface area contributed by atoms with Crippen molar-refractivity contribution >= 4 is 40.3 Å². The van der Waals surface area contributed by atoms with E-state index in [9.17, 15) is 9.59 Å². The third-order valence-electron chi connectivity index (χ3n) is 3.32. The Balaban J connectivity index is 2.10. The highest BCUT2D eigenvalue weighted by atomic mass is 32.1. The molecule has 1 heterocycles. The first-order chi connectivity index (χ1) is 11.0. The first-order valence-electron chi connectivity index (χ1n) is 7.10. The van der Waals surface area contributed by atoms with Crippen LogP contribution < -0.4 is 11.2 Å². The number of benzene rings is 1. The molecule has 7 nitrogen and oxygen atoms in total. The van der Waals surface area contributed by atoms with Gasteiger partial charge in [0, 0.05) is 18.7 Å². The van der Waals surface area contributed by atoms with Crippen molar-refractivity contribution in [2.75, 3.05) is 31.7 Å². The molecule has 1 fully saturated rings. The SMILES string of the molecule is CC(=O)c1ccc(NN=C(C(=O)N2CCOCC2)C(N)=S)cc1. The summed E-state index contributed by atoms with van der Waals surface area (Å²) < 4.78 is 5.21. The molecule has 8 heteroatoms. The highest BCUT2D eigenvalue weighted by Gasteiger charge is 2.23. The van der Waals surface area contributed by atoms with Gasteiger partial charge in [0.1, 0.15) is 4.99 Å². The average Bonchev–Trinajstić information content (AvgIpc) is 2.55. The Morgan fingerprint density at radius 2 is 1.87 bits per heavy atom. The molecule has 2 rings (SSSR count). The number of thiocarbonyl (C=S) groups is 1. The highest BCUT2D eigenvalue weighted by Crippen LogP contribution is 2.10. The van der Waals surface area contributed by atoms with Crippen LogP contribution in [0.25, 0.3) is 0 Å².